The van der Waals surface area contributed by atoms with Crippen LogP contribution in [-0.4, -0.2) is 18.5 Å². The van der Waals surface area contributed by atoms with E-state index in [0.717, 1.165) is 0 Å². The Bertz CT molecular complexity index is 492. The van der Waals surface area contributed by atoms with E-state index in [1.807, 2.05) is 6.92 Å². The molecule has 0 N–H and O–H groups in total. The van der Waals surface area contributed by atoms with E-state index in [9.17, 15) is 9.59 Å². The van der Waals surface area contributed by atoms with Crippen LogP contribution in [0.15, 0.2) is 18.2 Å². The number of halogens is 2. The van der Waals surface area contributed by atoms with Crippen molar-refractivity contribution in [3.05, 3.63) is 28.2 Å². The molecular weight excluding hydrogens is 303 g/mol. The third kappa shape index (κ3) is 3.87. The highest BCUT2D eigenvalue weighted by Crippen LogP contribution is 2.34. The van der Waals surface area contributed by atoms with Gasteiger partial charge < -0.3 is 9.47 Å². The van der Waals surface area contributed by atoms with E-state index < -0.39 is 17.4 Å². The van der Waals surface area contributed by atoms with Gasteiger partial charge in [-0.2, -0.15) is 0 Å². The van der Waals surface area contributed by atoms with Gasteiger partial charge in [0.15, 0.2) is 11.2 Å². The third-order valence-electron chi connectivity index (χ3n) is 2.57. The average molecular weight is 319 g/mol. The van der Waals surface area contributed by atoms with E-state index in [-0.39, 0.29) is 22.4 Å². The summed E-state index contributed by atoms with van der Waals surface area (Å²) in [5, 5.41) is 0.396. The summed E-state index contributed by atoms with van der Waals surface area (Å²) in [5.74, 6) is -1.38. The van der Waals surface area contributed by atoms with E-state index in [2.05, 4.69) is 0 Å². The molecule has 0 bridgehead atoms. The van der Waals surface area contributed by atoms with E-state index in [4.69, 9.17) is 32.7 Å². The second kappa shape index (κ2) is 6.95. The van der Waals surface area contributed by atoms with Gasteiger partial charge in [0.1, 0.15) is 0 Å². The molecule has 1 aromatic carbocycles. The van der Waals surface area contributed by atoms with Crippen molar-refractivity contribution in [2.45, 2.75) is 27.2 Å². The fourth-order valence-corrected chi connectivity index (χ4v) is 1.73. The maximum Gasteiger partial charge on any atom is 0.328 e. The number of hydrogen-bond acceptors (Lipinski definition) is 4. The molecule has 0 aliphatic rings. The zero-order chi connectivity index (χ0) is 15.3. The molecule has 0 atom stereocenters. The minimum absolute atomic E-state index is 0.0391. The van der Waals surface area contributed by atoms with Crippen molar-refractivity contribution >= 4 is 35.1 Å². The molecule has 0 aromatic heterocycles. The smallest absolute Gasteiger partial charge is 0.328 e. The van der Waals surface area contributed by atoms with Gasteiger partial charge in [0, 0.05) is 0 Å². The van der Waals surface area contributed by atoms with Gasteiger partial charge in [-0.25, -0.2) is 0 Å². The van der Waals surface area contributed by atoms with Crippen molar-refractivity contribution in [1.82, 2.24) is 0 Å². The molecule has 6 heteroatoms. The number of carbonyl (C=O) groups is 2. The summed E-state index contributed by atoms with van der Waals surface area (Å²) < 4.78 is 10.1. The van der Waals surface area contributed by atoms with Gasteiger partial charge in [-0.15, -0.1) is 0 Å². The molecule has 0 fully saturated rings. The first kappa shape index (κ1) is 16.8. The van der Waals surface area contributed by atoms with Gasteiger partial charge in [-0.3, -0.25) is 9.59 Å². The maximum atomic E-state index is 12.1. The molecule has 0 saturated heterocycles. The number of hydrogen-bond donors (Lipinski definition) is 0. The Hall–Kier alpha value is -1.26. The summed E-state index contributed by atoms with van der Waals surface area (Å²) >= 11 is 11.8. The van der Waals surface area contributed by atoms with Crippen LogP contribution < -0.4 is 4.74 Å². The molecular formula is C14H16Cl2O4. The first-order valence-electron chi connectivity index (χ1n) is 6.14. The van der Waals surface area contributed by atoms with Crippen molar-refractivity contribution in [2.75, 3.05) is 6.61 Å². The topological polar surface area (TPSA) is 52.6 Å². The maximum absolute atomic E-state index is 12.1. The fraction of sp³-hybridized carbons (Fsp3) is 0.429. The summed E-state index contributed by atoms with van der Waals surface area (Å²) in [7, 11) is 0. The summed E-state index contributed by atoms with van der Waals surface area (Å²) in [6.45, 7) is 4.97. The van der Waals surface area contributed by atoms with E-state index >= 15 is 0 Å². The Labute approximate surface area is 128 Å². The van der Waals surface area contributed by atoms with Crippen LogP contribution in [0.1, 0.15) is 27.2 Å². The van der Waals surface area contributed by atoms with Crippen LogP contribution >= 0.6 is 23.2 Å². The number of rotatable bonds is 5. The lowest BCUT2D eigenvalue weighted by molar-refractivity contribution is -0.164. The van der Waals surface area contributed by atoms with Gasteiger partial charge >= 0.3 is 11.9 Å². The molecule has 20 heavy (non-hydrogen) atoms. The molecule has 1 rings (SSSR count). The molecule has 0 heterocycles. The Kier molecular flexibility index (Phi) is 5.84. The summed E-state index contributed by atoms with van der Waals surface area (Å²) in [6, 6.07) is 4.71. The van der Waals surface area contributed by atoms with Crippen LogP contribution in [0.3, 0.4) is 0 Å². The summed E-state index contributed by atoms with van der Waals surface area (Å²) in [4.78, 5) is 23.9. The quantitative estimate of drug-likeness (QED) is 0.469. The molecule has 0 saturated carbocycles. The predicted octanol–water partition coefficient (Wildman–Crippen LogP) is 3.88. The average Bonchev–Trinajstić information content (AvgIpc) is 2.39. The van der Waals surface area contributed by atoms with Crippen LogP contribution in [0.4, 0.5) is 0 Å². The molecule has 0 spiro atoms. The second-order valence-electron chi connectivity index (χ2n) is 4.70. The van der Waals surface area contributed by atoms with Crippen LogP contribution in [-0.2, 0) is 14.3 Å². The zero-order valence-corrected chi connectivity index (χ0v) is 13.0. The van der Waals surface area contributed by atoms with E-state index in [1.165, 1.54) is 13.8 Å². The first-order valence-corrected chi connectivity index (χ1v) is 6.89. The van der Waals surface area contributed by atoms with Gasteiger partial charge in [-0.05, 0) is 32.4 Å². The van der Waals surface area contributed by atoms with E-state index in [1.54, 1.807) is 18.2 Å². The van der Waals surface area contributed by atoms with Crippen molar-refractivity contribution in [1.29, 1.82) is 0 Å². The predicted molar refractivity (Wildman–Crippen MR) is 77.1 cm³/mol. The van der Waals surface area contributed by atoms with Crippen molar-refractivity contribution < 1.29 is 19.1 Å². The Balaban J connectivity index is 2.87. The summed E-state index contributed by atoms with van der Waals surface area (Å²) in [5.41, 5.74) is -1.43. The van der Waals surface area contributed by atoms with Gasteiger partial charge in [-0.1, -0.05) is 36.2 Å². The lowest BCUT2D eigenvalue weighted by Gasteiger charge is -2.21. The highest BCUT2D eigenvalue weighted by atomic mass is 35.5. The number of esters is 2. The minimum Gasteiger partial charge on any atom is -0.465 e. The molecule has 4 nitrogen and oxygen atoms in total. The molecule has 0 aliphatic heterocycles. The van der Waals surface area contributed by atoms with Crippen molar-refractivity contribution in [3.8, 4) is 5.75 Å². The Morgan fingerprint density at radius 1 is 1.15 bits per heavy atom. The number of benzene rings is 1. The van der Waals surface area contributed by atoms with Crippen LogP contribution in [0, 0.1) is 5.41 Å². The van der Waals surface area contributed by atoms with E-state index in [0.29, 0.717) is 6.42 Å². The van der Waals surface area contributed by atoms with Gasteiger partial charge in [0.25, 0.3) is 0 Å². The highest BCUT2D eigenvalue weighted by Gasteiger charge is 2.40. The lowest BCUT2D eigenvalue weighted by Crippen LogP contribution is -2.38. The summed E-state index contributed by atoms with van der Waals surface area (Å²) in [6.07, 6.45) is 0.674. The minimum atomic E-state index is -1.43. The SMILES string of the molecule is CCCOC(=O)C(C)(C)C(=O)Oc1c(Cl)cccc1Cl. The van der Waals surface area contributed by atoms with Crippen LogP contribution in [0.2, 0.25) is 10.0 Å². The number of para-hydroxylation sites is 1. The molecule has 1 aromatic rings. The Morgan fingerprint density at radius 3 is 2.20 bits per heavy atom. The molecule has 0 amide bonds. The standard InChI is InChI=1S/C14H16Cl2O4/c1-4-8-19-12(17)14(2,3)13(18)20-11-9(15)6-5-7-10(11)16/h5-7H,4,8H2,1-3H3. The van der Waals surface area contributed by atoms with Crippen molar-refractivity contribution in [2.24, 2.45) is 5.41 Å². The second-order valence-corrected chi connectivity index (χ2v) is 5.52. The highest BCUT2D eigenvalue weighted by molar-refractivity contribution is 6.37. The normalized spacial score (nSPS) is 11.1. The third-order valence-corrected chi connectivity index (χ3v) is 3.17. The van der Waals surface area contributed by atoms with Gasteiger partial charge in [0.05, 0.1) is 16.7 Å². The monoisotopic (exact) mass is 318 g/mol. The number of ether oxygens (including phenoxy) is 2. The molecule has 0 aliphatic carbocycles. The van der Waals surface area contributed by atoms with Crippen LogP contribution in [0.25, 0.3) is 0 Å². The molecule has 110 valence electrons. The van der Waals surface area contributed by atoms with Crippen molar-refractivity contribution in [3.63, 3.8) is 0 Å². The molecule has 0 unspecified atom stereocenters. The first-order chi connectivity index (χ1) is 9.30. The number of carbonyl (C=O) groups excluding carboxylic acids is 2. The van der Waals surface area contributed by atoms with Crippen LogP contribution in [0.5, 0.6) is 5.75 Å². The molecule has 0 radical (unpaired) electrons. The zero-order valence-electron chi connectivity index (χ0n) is 11.5. The van der Waals surface area contributed by atoms with Gasteiger partial charge in [0.2, 0.25) is 0 Å². The fourth-order valence-electron chi connectivity index (χ4n) is 1.26. The largest absolute Gasteiger partial charge is 0.465 e. The Morgan fingerprint density at radius 2 is 1.70 bits per heavy atom. The lowest BCUT2D eigenvalue weighted by atomic mass is 9.94.